The van der Waals surface area contributed by atoms with E-state index < -0.39 is 12.0 Å². The number of para-hydroxylation sites is 1. The maximum atomic E-state index is 12.2. The molecule has 0 bridgehead atoms. The fourth-order valence-electron chi connectivity index (χ4n) is 3.80. The van der Waals surface area contributed by atoms with Crippen LogP contribution in [0.4, 0.5) is 0 Å². The van der Waals surface area contributed by atoms with Crippen molar-refractivity contribution < 1.29 is 19.5 Å². The Labute approximate surface area is 163 Å². The highest BCUT2D eigenvalue weighted by atomic mass is 16.4. The summed E-state index contributed by atoms with van der Waals surface area (Å²) in [4.78, 5) is 39.0. The monoisotopic (exact) mass is 385 g/mol. The Balaban J connectivity index is 1.49. The summed E-state index contributed by atoms with van der Waals surface area (Å²) >= 11 is 0. The summed E-state index contributed by atoms with van der Waals surface area (Å²) in [5.74, 6) is -1.41. The van der Waals surface area contributed by atoms with Gasteiger partial charge in [0.15, 0.2) is 0 Å². The van der Waals surface area contributed by atoms with Crippen LogP contribution in [0.15, 0.2) is 30.5 Å². The van der Waals surface area contributed by atoms with E-state index in [2.05, 4.69) is 15.6 Å². The lowest BCUT2D eigenvalue weighted by Crippen LogP contribution is -2.43. The predicted molar refractivity (Wildman–Crippen MR) is 106 cm³/mol. The zero-order chi connectivity index (χ0) is 19.9. The molecule has 0 saturated heterocycles. The van der Waals surface area contributed by atoms with E-state index in [9.17, 15) is 19.5 Å². The normalized spacial score (nSPS) is 15.9. The van der Waals surface area contributed by atoms with E-state index in [1.165, 1.54) is 6.42 Å². The van der Waals surface area contributed by atoms with Gasteiger partial charge in [-0.05, 0) is 24.5 Å². The van der Waals surface area contributed by atoms with E-state index in [0.29, 0.717) is 0 Å². The molecule has 1 atom stereocenters. The highest BCUT2D eigenvalue weighted by molar-refractivity contribution is 5.87. The summed E-state index contributed by atoms with van der Waals surface area (Å²) in [5.41, 5.74) is 1.77. The second kappa shape index (κ2) is 9.39. The van der Waals surface area contributed by atoms with Crippen LogP contribution in [0.1, 0.15) is 44.1 Å². The first-order valence-electron chi connectivity index (χ1n) is 9.89. The van der Waals surface area contributed by atoms with Crippen LogP contribution in [0.2, 0.25) is 0 Å². The van der Waals surface area contributed by atoms with Crippen molar-refractivity contribution in [2.45, 2.75) is 51.0 Å². The molecular formula is C21H27N3O4. The molecule has 1 unspecified atom stereocenters. The van der Waals surface area contributed by atoms with Gasteiger partial charge < -0.3 is 20.7 Å². The standard InChI is InChI=1S/C21H27N3O4/c25-19(10-11-22-20(26)14-6-2-1-3-7-14)24-18(21(27)28)12-15-13-23-17-9-5-4-8-16(15)17/h4-5,8-9,13-14,18,23H,1-3,6-7,10-12H2,(H,22,26)(H,24,25)(H,27,28). The number of rotatable bonds is 8. The molecule has 1 aromatic heterocycles. The Morgan fingerprint density at radius 1 is 1.14 bits per heavy atom. The Kier molecular flexibility index (Phi) is 6.68. The zero-order valence-corrected chi connectivity index (χ0v) is 15.9. The third-order valence-electron chi connectivity index (χ3n) is 5.36. The molecule has 0 radical (unpaired) electrons. The number of hydrogen-bond donors (Lipinski definition) is 4. The molecule has 1 fully saturated rings. The number of aromatic nitrogens is 1. The smallest absolute Gasteiger partial charge is 0.326 e. The quantitative estimate of drug-likeness (QED) is 0.559. The molecule has 3 rings (SSSR count). The number of aromatic amines is 1. The van der Waals surface area contributed by atoms with Crippen molar-refractivity contribution in [1.29, 1.82) is 0 Å². The average molecular weight is 385 g/mol. The van der Waals surface area contributed by atoms with E-state index in [4.69, 9.17) is 0 Å². The van der Waals surface area contributed by atoms with Crippen LogP contribution in [0, 0.1) is 5.92 Å². The lowest BCUT2D eigenvalue weighted by molar-refractivity contribution is -0.141. The topological polar surface area (TPSA) is 111 Å². The number of carboxylic acids is 1. The molecule has 2 amide bonds. The molecule has 1 saturated carbocycles. The van der Waals surface area contributed by atoms with Crippen LogP contribution in [-0.2, 0) is 20.8 Å². The summed E-state index contributed by atoms with van der Waals surface area (Å²) in [7, 11) is 0. The number of carbonyl (C=O) groups excluding carboxylic acids is 2. The van der Waals surface area contributed by atoms with Crippen LogP contribution >= 0.6 is 0 Å². The lowest BCUT2D eigenvalue weighted by Gasteiger charge is -2.20. The van der Waals surface area contributed by atoms with Gasteiger partial charge in [-0.15, -0.1) is 0 Å². The van der Waals surface area contributed by atoms with E-state index >= 15 is 0 Å². The first-order chi connectivity index (χ1) is 13.5. The minimum atomic E-state index is -1.08. The van der Waals surface area contributed by atoms with Crippen molar-refractivity contribution in [2.75, 3.05) is 6.54 Å². The minimum absolute atomic E-state index is 0.000997. The molecule has 0 aliphatic heterocycles. The molecule has 28 heavy (non-hydrogen) atoms. The van der Waals surface area contributed by atoms with Gasteiger partial charge in [0.25, 0.3) is 0 Å². The molecule has 2 aromatic rings. The predicted octanol–water partition coefficient (Wildman–Crippen LogP) is 2.37. The fourth-order valence-corrected chi connectivity index (χ4v) is 3.80. The summed E-state index contributed by atoms with van der Waals surface area (Å²) in [6.45, 7) is 0.223. The van der Waals surface area contributed by atoms with E-state index in [1.807, 2.05) is 24.3 Å². The van der Waals surface area contributed by atoms with Crippen LogP contribution in [0.25, 0.3) is 10.9 Å². The maximum absolute atomic E-state index is 12.2. The van der Waals surface area contributed by atoms with Gasteiger partial charge in [-0.1, -0.05) is 37.5 Å². The van der Waals surface area contributed by atoms with Gasteiger partial charge in [0.1, 0.15) is 6.04 Å². The SMILES string of the molecule is O=C(CCNC(=O)C1CCCCC1)NC(Cc1c[nH]c2ccccc12)C(=O)O. The number of carboxylic acid groups (broad SMARTS) is 1. The Bertz CT molecular complexity index is 839. The molecule has 1 aliphatic rings. The number of carbonyl (C=O) groups is 3. The molecule has 1 aromatic carbocycles. The Hall–Kier alpha value is -2.83. The second-order valence-corrected chi connectivity index (χ2v) is 7.40. The minimum Gasteiger partial charge on any atom is -0.480 e. The van der Waals surface area contributed by atoms with Crippen LogP contribution in [0.3, 0.4) is 0 Å². The molecule has 1 aliphatic carbocycles. The highest BCUT2D eigenvalue weighted by Gasteiger charge is 2.23. The van der Waals surface area contributed by atoms with Crippen LogP contribution in [0.5, 0.6) is 0 Å². The Morgan fingerprint density at radius 2 is 1.89 bits per heavy atom. The average Bonchev–Trinajstić information content (AvgIpc) is 3.11. The highest BCUT2D eigenvalue weighted by Crippen LogP contribution is 2.23. The lowest BCUT2D eigenvalue weighted by atomic mass is 9.89. The van der Waals surface area contributed by atoms with Gasteiger partial charge in [-0.25, -0.2) is 4.79 Å². The third kappa shape index (κ3) is 5.12. The van der Waals surface area contributed by atoms with Crippen molar-refractivity contribution in [1.82, 2.24) is 15.6 Å². The number of fused-ring (bicyclic) bond motifs is 1. The molecule has 0 spiro atoms. The zero-order valence-electron chi connectivity index (χ0n) is 15.9. The summed E-state index contributed by atoms with van der Waals surface area (Å²) in [6.07, 6.45) is 7.18. The first kappa shape index (κ1) is 19.9. The number of benzene rings is 1. The number of amides is 2. The van der Waals surface area contributed by atoms with Gasteiger partial charge in [0.05, 0.1) is 0 Å². The molecule has 7 heteroatoms. The van der Waals surface area contributed by atoms with Crippen LogP contribution in [-0.4, -0.2) is 40.5 Å². The molecule has 150 valence electrons. The number of H-pyrrole nitrogens is 1. The maximum Gasteiger partial charge on any atom is 0.326 e. The van der Waals surface area contributed by atoms with Gasteiger partial charge in [-0.2, -0.15) is 0 Å². The second-order valence-electron chi connectivity index (χ2n) is 7.40. The molecule has 7 nitrogen and oxygen atoms in total. The molecule has 4 N–H and O–H groups in total. The summed E-state index contributed by atoms with van der Waals surface area (Å²) in [5, 5.41) is 15.8. The number of aliphatic carboxylic acids is 1. The van der Waals surface area contributed by atoms with E-state index in [-0.39, 0.29) is 37.1 Å². The van der Waals surface area contributed by atoms with Gasteiger partial charge >= 0.3 is 5.97 Å². The fraction of sp³-hybridized carbons (Fsp3) is 0.476. The summed E-state index contributed by atoms with van der Waals surface area (Å²) < 4.78 is 0. The molecule has 1 heterocycles. The van der Waals surface area contributed by atoms with E-state index in [0.717, 1.165) is 42.1 Å². The van der Waals surface area contributed by atoms with Crippen LogP contribution < -0.4 is 10.6 Å². The largest absolute Gasteiger partial charge is 0.480 e. The Morgan fingerprint density at radius 3 is 2.64 bits per heavy atom. The third-order valence-corrected chi connectivity index (χ3v) is 5.36. The number of nitrogens with one attached hydrogen (secondary N) is 3. The van der Waals surface area contributed by atoms with Gasteiger partial charge in [-0.3, -0.25) is 9.59 Å². The first-order valence-corrected chi connectivity index (χ1v) is 9.89. The van der Waals surface area contributed by atoms with Crippen molar-refractivity contribution in [3.05, 3.63) is 36.0 Å². The number of hydrogen-bond acceptors (Lipinski definition) is 3. The van der Waals surface area contributed by atoms with E-state index in [1.54, 1.807) is 6.20 Å². The molecular weight excluding hydrogens is 358 g/mol. The summed E-state index contributed by atoms with van der Waals surface area (Å²) in [6, 6.07) is 6.62. The van der Waals surface area contributed by atoms with Crippen molar-refractivity contribution in [3.63, 3.8) is 0 Å². The van der Waals surface area contributed by atoms with Gasteiger partial charge in [0.2, 0.25) is 11.8 Å². The van der Waals surface area contributed by atoms with Crippen molar-refractivity contribution in [2.24, 2.45) is 5.92 Å². The van der Waals surface area contributed by atoms with Crippen molar-refractivity contribution >= 4 is 28.7 Å². The van der Waals surface area contributed by atoms with Crippen molar-refractivity contribution in [3.8, 4) is 0 Å². The van der Waals surface area contributed by atoms with Gasteiger partial charge in [0, 0.05) is 42.4 Å².